The molecule has 0 amide bonds. The average molecular weight is 250 g/mol. The molecule has 2 heterocycles. The predicted molar refractivity (Wildman–Crippen MR) is 70.5 cm³/mol. The molecule has 18 heavy (non-hydrogen) atoms. The van der Waals surface area contributed by atoms with Gasteiger partial charge in [-0.05, 0) is 39.4 Å². The van der Waals surface area contributed by atoms with Gasteiger partial charge in [-0.3, -0.25) is 0 Å². The van der Waals surface area contributed by atoms with Gasteiger partial charge < -0.3 is 15.4 Å². The van der Waals surface area contributed by atoms with Gasteiger partial charge in [-0.1, -0.05) is 0 Å². The fourth-order valence-corrected chi connectivity index (χ4v) is 2.35. The van der Waals surface area contributed by atoms with Crippen LogP contribution in [0.5, 0.6) is 0 Å². The smallest absolute Gasteiger partial charge is 0.158 e. The predicted octanol–water partition coefficient (Wildman–Crippen LogP) is 0.598. The van der Waals surface area contributed by atoms with Crippen LogP contribution in [0.3, 0.4) is 0 Å². The van der Waals surface area contributed by atoms with Crippen LogP contribution in [0.2, 0.25) is 0 Å². The molecule has 0 radical (unpaired) electrons. The van der Waals surface area contributed by atoms with Crippen molar-refractivity contribution in [2.24, 2.45) is 5.73 Å². The van der Waals surface area contributed by atoms with Crippen LogP contribution in [0.15, 0.2) is 0 Å². The Labute approximate surface area is 108 Å². The van der Waals surface area contributed by atoms with Crippen LogP contribution >= 0.6 is 0 Å². The van der Waals surface area contributed by atoms with Crippen molar-refractivity contribution >= 4 is 0 Å². The molecule has 1 aliphatic rings. The van der Waals surface area contributed by atoms with E-state index in [4.69, 9.17) is 10.5 Å². The minimum atomic E-state index is -0.00641. The van der Waals surface area contributed by atoms with E-state index < -0.39 is 0 Å². The average Bonchev–Trinajstić information content (AvgIpc) is 2.33. The maximum atomic E-state index is 5.75. The van der Waals surface area contributed by atoms with Crippen molar-refractivity contribution in [3.63, 3.8) is 0 Å². The SMILES string of the molecule is Cc1nc(C2CN(C)CCO2)nc(C)c1CCN. The molecule has 100 valence electrons. The number of nitrogens with zero attached hydrogens (tertiary/aromatic N) is 3. The second kappa shape index (κ2) is 5.73. The lowest BCUT2D eigenvalue weighted by molar-refractivity contribution is -0.0256. The molecule has 1 aromatic rings. The molecule has 2 N–H and O–H groups in total. The molecular formula is C13H22N4O. The van der Waals surface area contributed by atoms with Crippen LogP contribution < -0.4 is 5.73 Å². The Balaban J connectivity index is 2.24. The van der Waals surface area contributed by atoms with Crippen LogP contribution in [0, 0.1) is 13.8 Å². The molecule has 2 rings (SSSR count). The topological polar surface area (TPSA) is 64.3 Å². The summed E-state index contributed by atoms with van der Waals surface area (Å²) in [5, 5.41) is 0. The third kappa shape index (κ3) is 2.85. The summed E-state index contributed by atoms with van der Waals surface area (Å²) in [5.41, 5.74) is 8.84. The first kappa shape index (κ1) is 13.4. The first-order valence-electron chi connectivity index (χ1n) is 6.46. The van der Waals surface area contributed by atoms with Crippen molar-refractivity contribution < 1.29 is 4.74 Å². The second-order valence-corrected chi connectivity index (χ2v) is 4.89. The number of hydrogen-bond acceptors (Lipinski definition) is 5. The van der Waals surface area contributed by atoms with Crippen LogP contribution in [0.1, 0.15) is 28.9 Å². The number of aromatic nitrogens is 2. The highest BCUT2D eigenvalue weighted by atomic mass is 16.5. The Morgan fingerprint density at radius 2 is 2.00 bits per heavy atom. The zero-order valence-electron chi connectivity index (χ0n) is 11.4. The van der Waals surface area contributed by atoms with E-state index in [-0.39, 0.29) is 6.10 Å². The first-order valence-corrected chi connectivity index (χ1v) is 6.46. The van der Waals surface area contributed by atoms with Gasteiger partial charge in [-0.2, -0.15) is 0 Å². The molecule has 0 saturated carbocycles. The number of nitrogens with two attached hydrogens (primary N) is 1. The normalized spacial score (nSPS) is 21.2. The number of hydrogen-bond donors (Lipinski definition) is 1. The molecular weight excluding hydrogens is 228 g/mol. The van der Waals surface area contributed by atoms with Gasteiger partial charge in [0.25, 0.3) is 0 Å². The standard InChI is InChI=1S/C13H22N4O/c1-9-11(4-5-14)10(2)16-13(15-9)12-8-17(3)6-7-18-12/h12H,4-8,14H2,1-3H3. The first-order chi connectivity index (χ1) is 8.61. The van der Waals surface area contributed by atoms with Crippen molar-refractivity contribution in [2.45, 2.75) is 26.4 Å². The Kier molecular flexibility index (Phi) is 4.27. The summed E-state index contributed by atoms with van der Waals surface area (Å²) in [4.78, 5) is 11.4. The quantitative estimate of drug-likeness (QED) is 0.851. The molecule has 0 aliphatic carbocycles. The fourth-order valence-electron chi connectivity index (χ4n) is 2.35. The molecule has 1 unspecified atom stereocenters. The van der Waals surface area contributed by atoms with Gasteiger partial charge in [0.1, 0.15) is 6.10 Å². The molecule has 0 spiro atoms. The lowest BCUT2D eigenvalue weighted by Gasteiger charge is -2.29. The fraction of sp³-hybridized carbons (Fsp3) is 0.692. The van der Waals surface area contributed by atoms with Crippen LogP contribution in [-0.4, -0.2) is 48.2 Å². The summed E-state index contributed by atoms with van der Waals surface area (Å²) < 4.78 is 5.75. The molecule has 1 aliphatic heterocycles. The highest BCUT2D eigenvalue weighted by Crippen LogP contribution is 2.20. The number of aryl methyl sites for hydroxylation is 2. The van der Waals surface area contributed by atoms with Crippen molar-refractivity contribution in [2.75, 3.05) is 33.3 Å². The molecule has 0 aromatic carbocycles. The molecule has 5 nitrogen and oxygen atoms in total. The largest absolute Gasteiger partial charge is 0.368 e. The van der Waals surface area contributed by atoms with Gasteiger partial charge in [0.15, 0.2) is 5.82 Å². The summed E-state index contributed by atoms with van der Waals surface area (Å²) in [6, 6.07) is 0. The highest BCUT2D eigenvalue weighted by Gasteiger charge is 2.23. The third-order valence-corrected chi connectivity index (χ3v) is 3.39. The van der Waals surface area contributed by atoms with Gasteiger partial charge in [0, 0.05) is 24.5 Å². The van der Waals surface area contributed by atoms with Gasteiger partial charge in [-0.15, -0.1) is 0 Å². The molecule has 1 saturated heterocycles. The number of morpholine rings is 1. The van der Waals surface area contributed by atoms with Crippen molar-refractivity contribution in [3.8, 4) is 0 Å². The van der Waals surface area contributed by atoms with Crippen molar-refractivity contribution in [3.05, 3.63) is 22.8 Å². The van der Waals surface area contributed by atoms with Gasteiger partial charge in [-0.25, -0.2) is 9.97 Å². The van der Waals surface area contributed by atoms with Gasteiger partial charge in [0.05, 0.1) is 6.61 Å². The summed E-state index contributed by atoms with van der Waals surface area (Å²) in [5.74, 6) is 0.803. The summed E-state index contributed by atoms with van der Waals surface area (Å²) >= 11 is 0. The maximum absolute atomic E-state index is 5.75. The monoisotopic (exact) mass is 250 g/mol. The zero-order valence-corrected chi connectivity index (χ0v) is 11.4. The van der Waals surface area contributed by atoms with E-state index in [1.54, 1.807) is 0 Å². The van der Waals surface area contributed by atoms with Gasteiger partial charge >= 0.3 is 0 Å². The summed E-state index contributed by atoms with van der Waals surface area (Å²) in [7, 11) is 2.10. The lowest BCUT2D eigenvalue weighted by atomic mass is 10.1. The van der Waals surface area contributed by atoms with Crippen LogP contribution in [0.4, 0.5) is 0 Å². The van der Waals surface area contributed by atoms with Crippen LogP contribution in [-0.2, 0) is 11.2 Å². The van der Waals surface area contributed by atoms with E-state index in [2.05, 4.69) is 21.9 Å². The van der Waals surface area contributed by atoms with Crippen LogP contribution in [0.25, 0.3) is 0 Å². The van der Waals surface area contributed by atoms with E-state index >= 15 is 0 Å². The maximum Gasteiger partial charge on any atom is 0.158 e. The molecule has 5 heteroatoms. The van der Waals surface area contributed by atoms with E-state index in [9.17, 15) is 0 Å². The highest BCUT2D eigenvalue weighted by molar-refractivity contribution is 5.25. The van der Waals surface area contributed by atoms with E-state index in [1.165, 1.54) is 5.56 Å². The Morgan fingerprint density at radius 3 is 2.56 bits per heavy atom. The summed E-state index contributed by atoms with van der Waals surface area (Å²) in [6.07, 6.45) is 0.830. The molecule has 1 atom stereocenters. The Morgan fingerprint density at radius 1 is 1.33 bits per heavy atom. The molecule has 0 bridgehead atoms. The van der Waals surface area contributed by atoms with Crippen molar-refractivity contribution in [1.29, 1.82) is 0 Å². The van der Waals surface area contributed by atoms with E-state index in [1.807, 2.05) is 13.8 Å². The zero-order chi connectivity index (χ0) is 13.1. The molecule has 1 fully saturated rings. The Bertz CT molecular complexity index is 398. The number of rotatable bonds is 3. The number of ether oxygens (including phenoxy) is 1. The minimum absolute atomic E-state index is 0.00641. The van der Waals surface area contributed by atoms with E-state index in [0.717, 1.165) is 43.3 Å². The van der Waals surface area contributed by atoms with Gasteiger partial charge in [0.2, 0.25) is 0 Å². The van der Waals surface area contributed by atoms with E-state index in [0.29, 0.717) is 6.54 Å². The lowest BCUT2D eigenvalue weighted by Crippen LogP contribution is -2.36. The van der Waals surface area contributed by atoms with Crippen molar-refractivity contribution in [1.82, 2.24) is 14.9 Å². The second-order valence-electron chi connectivity index (χ2n) is 4.89. The summed E-state index contributed by atoms with van der Waals surface area (Å²) in [6.45, 7) is 7.25. The third-order valence-electron chi connectivity index (χ3n) is 3.39. The minimum Gasteiger partial charge on any atom is -0.368 e. The number of likely N-dealkylation sites (N-methyl/N-ethyl adjacent to an activating group) is 1. The Hall–Kier alpha value is -1.04. The molecule has 1 aromatic heterocycles.